The van der Waals surface area contributed by atoms with Gasteiger partial charge in [-0.15, -0.1) is 0 Å². The zero-order valence-corrected chi connectivity index (χ0v) is 13.2. The second-order valence-corrected chi connectivity index (χ2v) is 5.39. The molecule has 23 heavy (non-hydrogen) atoms. The minimum absolute atomic E-state index is 0.0395. The molecule has 1 atom stereocenters. The van der Waals surface area contributed by atoms with E-state index in [0.717, 1.165) is 12.0 Å². The lowest BCUT2D eigenvalue weighted by atomic mass is 10.0. The summed E-state index contributed by atoms with van der Waals surface area (Å²) < 4.78 is 0. The molecule has 0 spiro atoms. The van der Waals surface area contributed by atoms with Gasteiger partial charge in [0.15, 0.2) is 11.4 Å². The molecule has 0 saturated carbocycles. The predicted molar refractivity (Wildman–Crippen MR) is 87.0 cm³/mol. The van der Waals surface area contributed by atoms with Crippen LogP contribution < -0.4 is 11.1 Å². The van der Waals surface area contributed by atoms with Gasteiger partial charge in [0.2, 0.25) is 0 Å². The Morgan fingerprint density at radius 3 is 2.30 bits per heavy atom. The molecule has 1 heterocycles. The topological polar surface area (TPSA) is 98.0 Å². The fraction of sp³-hybridized carbons (Fsp3) is 0.294. The Bertz CT molecular complexity index is 698. The molecule has 0 saturated heterocycles. The quantitative estimate of drug-likeness (QED) is 0.847. The molecular weight excluding hydrogens is 292 g/mol. The van der Waals surface area contributed by atoms with Crippen molar-refractivity contribution in [2.45, 2.75) is 32.7 Å². The summed E-state index contributed by atoms with van der Waals surface area (Å²) in [4.78, 5) is 31.5. The summed E-state index contributed by atoms with van der Waals surface area (Å²) in [6.45, 7) is 4.02. The Morgan fingerprint density at radius 1 is 1.13 bits per heavy atom. The van der Waals surface area contributed by atoms with Crippen LogP contribution in [0.3, 0.4) is 0 Å². The van der Waals surface area contributed by atoms with E-state index in [-0.39, 0.29) is 17.4 Å². The van der Waals surface area contributed by atoms with Gasteiger partial charge in [-0.1, -0.05) is 36.8 Å². The summed E-state index contributed by atoms with van der Waals surface area (Å²) in [6.07, 6.45) is 4.16. The molecule has 6 heteroatoms. The smallest absolute Gasteiger partial charge is 0.272 e. The van der Waals surface area contributed by atoms with Crippen LogP contribution in [0.2, 0.25) is 0 Å². The zero-order valence-electron chi connectivity index (χ0n) is 13.2. The molecule has 2 amide bonds. The number of hydrogen-bond donors (Lipinski definition) is 2. The predicted octanol–water partition coefficient (Wildman–Crippen LogP) is 1.64. The summed E-state index contributed by atoms with van der Waals surface area (Å²) in [5.41, 5.74) is 7.40. The van der Waals surface area contributed by atoms with Crippen molar-refractivity contribution < 1.29 is 9.59 Å². The van der Waals surface area contributed by atoms with Gasteiger partial charge in [-0.25, -0.2) is 9.97 Å². The highest BCUT2D eigenvalue weighted by molar-refractivity contribution is 6.04. The molecule has 1 aromatic heterocycles. The zero-order chi connectivity index (χ0) is 16.8. The lowest BCUT2D eigenvalue weighted by molar-refractivity contribution is 0.0913. The van der Waals surface area contributed by atoms with Gasteiger partial charge in [0.05, 0.1) is 0 Å². The summed E-state index contributed by atoms with van der Waals surface area (Å²) in [5.74, 6) is -1.21. The first kappa shape index (κ1) is 16.6. The number of hydrogen-bond acceptors (Lipinski definition) is 4. The molecule has 1 unspecified atom stereocenters. The molecule has 0 radical (unpaired) electrons. The number of amides is 2. The lowest BCUT2D eigenvalue weighted by Gasteiger charge is -2.17. The number of nitrogens with one attached hydrogen (secondary N) is 1. The third-order valence-electron chi connectivity index (χ3n) is 3.58. The highest BCUT2D eigenvalue weighted by Gasteiger charge is 2.20. The van der Waals surface area contributed by atoms with Crippen molar-refractivity contribution in [2.75, 3.05) is 0 Å². The number of benzene rings is 1. The van der Waals surface area contributed by atoms with Crippen LogP contribution in [-0.2, 0) is 6.42 Å². The van der Waals surface area contributed by atoms with E-state index in [1.165, 1.54) is 18.0 Å². The van der Waals surface area contributed by atoms with Gasteiger partial charge in [0.1, 0.15) is 0 Å². The first-order chi connectivity index (χ1) is 11.0. The summed E-state index contributed by atoms with van der Waals surface area (Å²) in [7, 11) is 0. The van der Waals surface area contributed by atoms with Gasteiger partial charge in [0.25, 0.3) is 11.8 Å². The Balaban J connectivity index is 2.11. The minimum Gasteiger partial charge on any atom is -0.364 e. The van der Waals surface area contributed by atoms with Crippen LogP contribution in [0.4, 0.5) is 0 Å². The Morgan fingerprint density at radius 2 is 1.74 bits per heavy atom. The van der Waals surface area contributed by atoms with E-state index < -0.39 is 11.8 Å². The monoisotopic (exact) mass is 312 g/mol. The molecule has 120 valence electrons. The normalized spacial score (nSPS) is 11.7. The van der Waals surface area contributed by atoms with Gasteiger partial charge in [-0.3, -0.25) is 9.59 Å². The standard InChI is InChI=1S/C17H20N4O2/c1-3-13(10-12-6-4-11(2)5-7-12)21-17(23)15-14(16(18)22)19-8-9-20-15/h4-9,13H,3,10H2,1-2H3,(H2,18,22)(H,21,23). The van der Waals surface area contributed by atoms with E-state index in [1.54, 1.807) is 0 Å². The molecule has 3 N–H and O–H groups in total. The highest BCUT2D eigenvalue weighted by Crippen LogP contribution is 2.09. The molecule has 1 aromatic carbocycles. The first-order valence-corrected chi connectivity index (χ1v) is 7.48. The van der Waals surface area contributed by atoms with E-state index in [9.17, 15) is 9.59 Å². The fourth-order valence-electron chi connectivity index (χ4n) is 2.24. The number of carbonyl (C=O) groups is 2. The van der Waals surface area contributed by atoms with Crippen molar-refractivity contribution in [3.05, 3.63) is 59.2 Å². The Hall–Kier alpha value is -2.76. The number of nitrogens with two attached hydrogens (primary N) is 1. The van der Waals surface area contributed by atoms with Crippen LogP contribution in [-0.4, -0.2) is 27.8 Å². The molecular formula is C17H20N4O2. The molecule has 0 aliphatic heterocycles. The van der Waals surface area contributed by atoms with E-state index in [1.807, 2.05) is 38.1 Å². The SMILES string of the molecule is CCC(Cc1ccc(C)cc1)NC(=O)c1nccnc1C(N)=O. The number of nitrogens with zero attached hydrogens (tertiary/aromatic N) is 2. The van der Waals surface area contributed by atoms with Crippen LogP contribution in [0.15, 0.2) is 36.7 Å². The van der Waals surface area contributed by atoms with Crippen molar-refractivity contribution in [1.29, 1.82) is 0 Å². The number of rotatable bonds is 6. The van der Waals surface area contributed by atoms with Crippen LogP contribution in [0, 0.1) is 6.92 Å². The van der Waals surface area contributed by atoms with Crippen molar-refractivity contribution in [3.63, 3.8) is 0 Å². The molecule has 2 rings (SSSR count). The van der Waals surface area contributed by atoms with E-state index in [0.29, 0.717) is 6.42 Å². The average Bonchev–Trinajstić information content (AvgIpc) is 2.56. The molecule has 2 aromatic rings. The molecule has 0 aliphatic rings. The average molecular weight is 312 g/mol. The fourth-order valence-corrected chi connectivity index (χ4v) is 2.24. The molecule has 6 nitrogen and oxygen atoms in total. The van der Waals surface area contributed by atoms with Crippen molar-refractivity contribution in [2.24, 2.45) is 5.73 Å². The van der Waals surface area contributed by atoms with Crippen molar-refractivity contribution in [3.8, 4) is 0 Å². The number of primary amides is 1. The Labute approximate surface area is 135 Å². The maximum absolute atomic E-state index is 12.4. The first-order valence-electron chi connectivity index (χ1n) is 7.48. The van der Waals surface area contributed by atoms with Gasteiger partial charge in [0, 0.05) is 18.4 Å². The number of aryl methyl sites for hydroxylation is 1. The van der Waals surface area contributed by atoms with Crippen LogP contribution >= 0.6 is 0 Å². The van der Waals surface area contributed by atoms with Crippen LogP contribution in [0.5, 0.6) is 0 Å². The second kappa shape index (κ2) is 7.49. The largest absolute Gasteiger partial charge is 0.364 e. The highest BCUT2D eigenvalue weighted by atomic mass is 16.2. The second-order valence-electron chi connectivity index (χ2n) is 5.39. The van der Waals surface area contributed by atoms with E-state index >= 15 is 0 Å². The van der Waals surface area contributed by atoms with E-state index in [4.69, 9.17) is 5.73 Å². The lowest BCUT2D eigenvalue weighted by Crippen LogP contribution is -2.37. The number of carbonyl (C=O) groups excluding carboxylic acids is 2. The van der Waals surface area contributed by atoms with Crippen LogP contribution in [0.1, 0.15) is 45.4 Å². The molecule has 0 aliphatic carbocycles. The van der Waals surface area contributed by atoms with Gasteiger partial charge in [-0.2, -0.15) is 0 Å². The van der Waals surface area contributed by atoms with Gasteiger partial charge < -0.3 is 11.1 Å². The maximum Gasteiger partial charge on any atom is 0.272 e. The van der Waals surface area contributed by atoms with Crippen molar-refractivity contribution in [1.82, 2.24) is 15.3 Å². The third-order valence-corrected chi connectivity index (χ3v) is 3.58. The Kier molecular flexibility index (Phi) is 5.41. The van der Waals surface area contributed by atoms with Gasteiger partial charge in [-0.05, 0) is 25.3 Å². The summed E-state index contributed by atoms with van der Waals surface area (Å²) in [5, 5.41) is 2.89. The summed E-state index contributed by atoms with van der Waals surface area (Å²) >= 11 is 0. The third kappa shape index (κ3) is 4.35. The maximum atomic E-state index is 12.4. The number of aromatic nitrogens is 2. The van der Waals surface area contributed by atoms with Crippen molar-refractivity contribution >= 4 is 11.8 Å². The van der Waals surface area contributed by atoms with E-state index in [2.05, 4.69) is 15.3 Å². The molecule has 0 fully saturated rings. The summed E-state index contributed by atoms with van der Waals surface area (Å²) in [6, 6.07) is 8.10. The van der Waals surface area contributed by atoms with Gasteiger partial charge >= 0.3 is 0 Å². The van der Waals surface area contributed by atoms with Crippen LogP contribution in [0.25, 0.3) is 0 Å². The minimum atomic E-state index is -0.769. The molecule has 0 bridgehead atoms.